The predicted molar refractivity (Wildman–Crippen MR) is 45.9 cm³/mol. The van der Waals surface area contributed by atoms with Crippen LogP contribution in [0.5, 0.6) is 0 Å². The molecule has 54 valence electrons. The highest BCUT2D eigenvalue weighted by Gasteiger charge is 2.26. The van der Waals surface area contributed by atoms with Gasteiger partial charge in [-0.15, -0.1) is 0 Å². The Morgan fingerprint density at radius 3 is 2.60 bits per heavy atom. The highest BCUT2D eigenvalue weighted by atomic mass is 79.9. The second-order valence-corrected chi connectivity index (χ2v) is 4.06. The van der Waals surface area contributed by atoms with E-state index in [4.69, 9.17) is 0 Å². The fourth-order valence-electron chi connectivity index (χ4n) is 0.900. The summed E-state index contributed by atoms with van der Waals surface area (Å²) in [6.45, 7) is 0. The van der Waals surface area contributed by atoms with Gasteiger partial charge in [0.25, 0.3) is 0 Å². The molecule has 0 N–H and O–H groups in total. The minimum absolute atomic E-state index is 0.653. The molecule has 10 heavy (non-hydrogen) atoms. The Morgan fingerprint density at radius 1 is 1.50 bits per heavy atom. The van der Waals surface area contributed by atoms with Crippen LogP contribution in [0.1, 0.15) is 18.9 Å². The average Bonchev–Trinajstić information content (AvgIpc) is 2.67. The second kappa shape index (κ2) is 2.34. The summed E-state index contributed by atoms with van der Waals surface area (Å²) < 4.78 is 4.12. The molecule has 0 radical (unpaired) electrons. The SMILES string of the molecule is Brc1cnn(C2CC2)c1Br. The molecule has 4 heteroatoms. The van der Waals surface area contributed by atoms with E-state index in [1.54, 1.807) is 0 Å². The summed E-state index contributed by atoms with van der Waals surface area (Å²) in [5.74, 6) is 0. The van der Waals surface area contributed by atoms with Crippen molar-refractivity contribution in [2.24, 2.45) is 0 Å². The molecule has 0 saturated heterocycles. The number of aromatic nitrogens is 2. The van der Waals surface area contributed by atoms with Gasteiger partial charge in [-0.25, -0.2) is 0 Å². The van der Waals surface area contributed by atoms with Crippen molar-refractivity contribution < 1.29 is 0 Å². The fraction of sp³-hybridized carbons (Fsp3) is 0.500. The smallest absolute Gasteiger partial charge is 0.118 e. The van der Waals surface area contributed by atoms with E-state index < -0.39 is 0 Å². The minimum atomic E-state index is 0.653. The summed E-state index contributed by atoms with van der Waals surface area (Å²) in [5, 5.41) is 4.20. The predicted octanol–water partition coefficient (Wildman–Crippen LogP) is 2.74. The van der Waals surface area contributed by atoms with Crippen molar-refractivity contribution in [3.63, 3.8) is 0 Å². The van der Waals surface area contributed by atoms with E-state index in [9.17, 15) is 0 Å². The molecule has 0 spiro atoms. The number of hydrogen-bond acceptors (Lipinski definition) is 1. The molecular weight excluding hydrogens is 260 g/mol. The first-order valence-corrected chi connectivity index (χ1v) is 4.76. The molecule has 1 heterocycles. The van der Waals surface area contributed by atoms with Gasteiger partial charge < -0.3 is 0 Å². The normalized spacial score (nSPS) is 17.8. The molecule has 0 unspecified atom stereocenters. The zero-order valence-electron chi connectivity index (χ0n) is 5.22. The topological polar surface area (TPSA) is 17.8 Å². The zero-order valence-corrected chi connectivity index (χ0v) is 8.39. The third kappa shape index (κ3) is 1.03. The molecule has 1 saturated carbocycles. The third-order valence-electron chi connectivity index (χ3n) is 1.59. The summed E-state index contributed by atoms with van der Waals surface area (Å²) >= 11 is 6.83. The summed E-state index contributed by atoms with van der Waals surface area (Å²) in [4.78, 5) is 0. The molecule has 1 aromatic rings. The average molecular weight is 266 g/mol. The summed E-state index contributed by atoms with van der Waals surface area (Å²) in [6, 6.07) is 0.653. The molecule has 0 atom stereocenters. The van der Waals surface area contributed by atoms with Crippen LogP contribution in [0.25, 0.3) is 0 Å². The van der Waals surface area contributed by atoms with Crippen molar-refractivity contribution >= 4 is 31.9 Å². The van der Waals surface area contributed by atoms with Crippen LogP contribution in [0.4, 0.5) is 0 Å². The Hall–Kier alpha value is 0.170. The molecule has 1 aliphatic carbocycles. The molecule has 0 aliphatic heterocycles. The minimum Gasteiger partial charge on any atom is -0.254 e. The molecule has 2 nitrogen and oxygen atoms in total. The molecule has 1 aromatic heterocycles. The van der Waals surface area contributed by atoms with Gasteiger partial charge in [-0.2, -0.15) is 5.10 Å². The van der Waals surface area contributed by atoms with Crippen LogP contribution in [0.3, 0.4) is 0 Å². The van der Waals surface area contributed by atoms with E-state index >= 15 is 0 Å². The van der Waals surface area contributed by atoms with Crippen LogP contribution in [0.2, 0.25) is 0 Å². The Bertz CT molecular complexity index is 252. The maximum atomic E-state index is 4.20. The first-order valence-electron chi connectivity index (χ1n) is 3.17. The zero-order chi connectivity index (χ0) is 7.14. The number of hydrogen-bond donors (Lipinski definition) is 0. The van der Waals surface area contributed by atoms with Crippen LogP contribution >= 0.6 is 31.9 Å². The largest absolute Gasteiger partial charge is 0.254 e. The van der Waals surface area contributed by atoms with E-state index in [2.05, 4.69) is 37.0 Å². The maximum Gasteiger partial charge on any atom is 0.118 e. The highest BCUT2D eigenvalue weighted by Crippen LogP contribution is 2.38. The van der Waals surface area contributed by atoms with Crippen molar-refractivity contribution in [1.82, 2.24) is 9.78 Å². The number of rotatable bonds is 1. The quantitative estimate of drug-likeness (QED) is 0.764. The van der Waals surface area contributed by atoms with Crippen molar-refractivity contribution in [3.8, 4) is 0 Å². The van der Waals surface area contributed by atoms with Gasteiger partial charge in [0, 0.05) is 0 Å². The van der Waals surface area contributed by atoms with Crippen LogP contribution < -0.4 is 0 Å². The number of nitrogens with zero attached hydrogens (tertiary/aromatic N) is 2. The van der Waals surface area contributed by atoms with Crippen molar-refractivity contribution in [1.29, 1.82) is 0 Å². The Balaban J connectivity index is 2.40. The van der Waals surface area contributed by atoms with Crippen molar-refractivity contribution in [3.05, 3.63) is 15.3 Å². The van der Waals surface area contributed by atoms with Gasteiger partial charge in [-0.3, -0.25) is 4.68 Å². The lowest BCUT2D eigenvalue weighted by molar-refractivity contribution is 0.627. The van der Waals surface area contributed by atoms with Crippen LogP contribution in [-0.2, 0) is 0 Å². The van der Waals surface area contributed by atoms with Crippen LogP contribution in [0, 0.1) is 0 Å². The molecule has 0 amide bonds. The fourth-order valence-corrected chi connectivity index (χ4v) is 1.66. The van der Waals surface area contributed by atoms with Gasteiger partial charge >= 0.3 is 0 Å². The third-order valence-corrected chi connectivity index (χ3v) is 3.49. The molecule has 2 rings (SSSR count). The van der Waals surface area contributed by atoms with Gasteiger partial charge in [0.1, 0.15) is 4.60 Å². The summed E-state index contributed by atoms with van der Waals surface area (Å²) in [7, 11) is 0. The van der Waals surface area contributed by atoms with E-state index in [0.29, 0.717) is 6.04 Å². The standard InChI is InChI=1S/C6H6Br2N2/c7-5-3-9-10(6(5)8)4-1-2-4/h3-4H,1-2H2. The summed E-state index contributed by atoms with van der Waals surface area (Å²) in [6.07, 6.45) is 4.36. The number of halogens is 2. The van der Waals surface area contributed by atoms with Crippen LogP contribution in [-0.4, -0.2) is 9.78 Å². The Morgan fingerprint density at radius 2 is 2.20 bits per heavy atom. The Labute approximate surface area is 75.9 Å². The van der Waals surface area contributed by atoms with Gasteiger partial charge in [0.2, 0.25) is 0 Å². The summed E-state index contributed by atoms with van der Waals surface area (Å²) in [5.41, 5.74) is 0. The lowest BCUT2D eigenvalue weighted by Gasteiger charge is -1.97. The van der Waals surface area contributed by atoms with E-state index in [1.165, 1.54) is 12.8 Å². The van der Waals surface area contributed by atoms with Crippen LogP contribution in [0.15, 0.2) is 15.3 Å². The molecule has 0 aromatic carbocycles. The van der Waals surface area contributed by atoms with Gasteiger partial charge in [-0.1, -0.05) is 0 Å². The highest BCUT2D eigenvalue weighted by molar-refractivity contribution is 9.13. The maximum absolute atomic E-state index is 4.20. The van der Waals surface area contributed by atoms with Crippen molar-refractivity contribution in [2.75, 3.05) is 0 Å². The van der Waals surface area contributed by atoms with Gasteiger partial charge in [0.05, 0.1) is 16.7 Å². The first kappa shape index (κ1) is 6.85. The second-order valence-electron chi connectivity index (χ2n) is 2.46. The molecule has 1 aliphatic rings. The molecule has 1 fully saturated rings. The van der Waals surface area contributed by atoms with Gasteiger partial charge in [0.15, 0.2) is 0 Å². The molecular formula is C6H6Br2N2. The monoisotopic (exact) mass is 264 g/mol. The van der Waals surface area contributed by atoms with Gasteiger partial charge in [-0.05, 0) is 44.7 Å². The van der Waals surface area contributed by atoms with E-state index in [1.807, 2.05) is 10.9 Å². The van der Waals surface area contributed by atoms with E-state index in [-0.39, 0.29) is 0 Å². The first-order chi connectivity index (χ1) is 4.79. The Kier molecular flexibility index (Phi) is 1.60. The van der Waals surface area contributed by atoms with Crippen molar-refractivity contribution in [2.45, 2.75) is 18.9 Å². The lowest BCUT2D eigenvalue weighted by Crippen LogP contribution is -1.94. The lowest BCUT2D eigenvalue weighted by atomic mass is 10.7. The molecule has 0 bridgehead atoms. The van der Waals surface area contributed by atoms with E-state index in [0.717, 1.165) is 9.08 Å².